The van der Waals surface area contributed by atoms with Crippen molar-refractivity contribution >= 4 is 11.5 Å². The molecule has 1 fully saturated rings. The molecule has 2 nitrogen and oxygen atoms in total. The van der Waals surface area contributed by atoms with Crippen LogP contribution < -0.4 is 5.73 Å². The van der Waals surface area contributed by atoms with Crippen molar-refractivity contribution in [3.63, 3.8) is 0 Å². The lowest BCUT2D eigenvalue weighted by Crippen LogP contribution is -2.40. The van der Waals surface area contributed by atoms with Gasteiger partial charge in [-0.2, -0.15) is 0 Å². The van der Waals surface area contributed by atoms with Gasteiger partial charge in [0.25, 0.3) is 0 Å². The van der Waals surface area contributed by atoms with Crippen LogP contribution in [-0.2, 0) is 5.54 Å². The summed E-state index contributed by atoms with van der Waals surface area (Å²) in [7, 11) is 0. The van der Waals surface area contributed by atoms with Crippen molar-refractivity contribution in [1.82, 2.24) is 4.37 Å². The van der Waals surface area contributed by atoms with E-state index in [1.165, 1.54) is 24.1 Å². The smallest absolute Gasteiger partial charge is 0.0522 e. The molecule has 14 heavy (non-hydrogen) atoms. The van der Waals surface area contributed by atoms with E-state index < -0.39 is 0 Å². The molecule has 1 aromatic rings. The monoisotopic (exact) mass is 210 g/mol. The molecule has 0 aromatic carbocycles. The van der Waals surface area contributed by atoms with Gasteiger partial charge in [-0.05, 0) is 36.4 Å². The molecule has 0 saturated heterocycles. The van der Waals surface area contributed by atoms with Gasteiger partial charge in [-0.3, -0.25) is 0 Å². The first kappa shape index (κ1) is 10.1. The molecular weight excluding hydrogens is 192 g/mol. The highest BCUT2D eigenvalue weighted by Gasteiger charge is 2.34. The molecule has 1 aliphatic rings. The topological polar surface area (TPSA) is 38.9 Å². The Hall–Kier alpha value is -0.410. The predicted molar refractivity (Wildman–Crippen MR) is 60.2 cm³/mol. The van der Waals surface area contributed by atoms with Crippen LogP contribution in [0.15, 0.2) is 12.3 Å². The third kappa shape index (κ3) is 1.84. The molecule has 2 atom stereocenters. The largest absolute Gasteiger partial charge is 0.321 e. The van der Waals surface area contributed by atoms with Crippen LogP contribution in [0.3, 0.4) is 0 Å². The highest BCUT2D eigenvalue weighted by Crippen LogP contribution is 2.40. The van der Waals surface area contributed by atoms with Gasteiger partial charge in [0.2, 0.25) is 0 Å². The number of rotatable bonds is 2. The van der Waals surface area contributed by atoms with E-state index in [1.54, 1.807) is 11.5 Å². The zero-order valence-electron chi connectivity index (χ0n) is 8.70. The summed E-state index contributed by atoms with van der Waals surface area (Å²) in [6.07, 6.45) is 8.03. The van der Waals surface area contributed by atoms with Crippen molar-refractivity contribution in [2.45, 2.75) is 44.6 Å². The fraction of sp³-hybridized carbons (Fsp3) is 0.727. The van der Waals surface area contributed by atoms with E-state index in [4.69, 9.17) is 5.73 Å². The van der Waals surface area contributed by atoms with Crippen LogP contribution in [-0.4, -0.2) is 4.37 Å². The zero-order valence-corrected chi connectivity index (χ0v) is 9.52. The van der Waals surface area contributed by atoms with E-state index in [0.29, 0.717) is 0 Å². The Morgan fingerprint density at radius 3 is 3.21 bits per heavy atom. The number of nitrogens with zero attached hydrogens (tertiary/aromatic N) is 1. The molecule has 0 bridgehead atoms. The first-order valence-electron chi connectivity index (χ1n) is 5.44. The number of nitrogens with two attached hydrogens (primary N) is 1. The van der Waals surface area contributed by atoms with Crippen LogP contribution in [0.4, 0.5) is 0 Å². The average Bonchev–Trinajstić information content (AvgIpc) is 2.71. The van der Waals surface area contributed by atoms with E-state index in [2.05, 4.69) is 17.4 Å². The summed E-state index contributed by atoms with van der Waals surface area (Å²) in [4.78, 5) is 1.27. The standard InChI is InChI=1S/C11H18N2S/c1-2-9-4-3-6-11(12,8-9)10-5-7-13-14-10/h5,7,9H,2-4,6,8,12H2,1H3. The highest BCUT2D eigenvalue weighted by molar-refractivity contribution is 7.05. The van der Waals surface area contributed by atoms with Crippen LogP contribution in [0.2, 0.25) is 0 Å². The third-order valence-corrected chi connectivity index (χ3v) is 4.36. The highest BCUT2D eigenvalue weighted by atomic mass is 32.1. The minimum atomic E-state index is -0.0694. The molecule has 1 heterocycles. The average molecular weight is 210 g/mol. The summed E-state index contributed by atoms with van der Waals surface area (Å²) in [5.41, 5.74) is 6.39. The van der Waals surface area contributed by atoms with Crippen molar-refractivity contribution in [2.75, 3.05) is 0 Å². The second-order valence-electron chi connectivity index (χ2n) is 4.40. The molecular formula is C11H18N2S. The molecule has 0 amide bonds. The summed E-state index contributed by atoms with van der Waals surface area (Å²) < 4.78 is 4.16. The Morgan fingerprint density at radius 1 is 1.71 bits per heavy atom. The first-order valence-corrected chi connectivity index (χ1v) is 6.22. The van der Waals surface area contributed by atoms with Gasteiger partial charge in [-0.1, -0.05) is 26.2 Å². The minimum Gasteiger partial charge on any atom is -0.321 e. The van der Waals surface area contributed by atoms with Crippen LogP contribution in [0.25, 0.3) is 0 Å². The quantitative estimate of drug-likeness (QED) is 0.815. The predicted octanol–water partition coefficient (Wildman–Crippen LogP) is 2.90. The molecule has 78 valence electrons. The van der Waals surface area contributed by atoms with Crippen LogP contribution in [0, 0.1) is 5.92 Å². The summed E-state index contributed by atoms with van der Waals surface area (Å²) >= 11 is 1.57. The van der Waals surface area contributed by atoms with Gasteiger partial charge in [0, 0.05) is 11.1 Å². The van der Waals surface area contributed by atoms with Gasteiger partial charge in [0.15, 0.2) is 0 Å². The Balaban J connectivity index is 2.15. The van der Waals surface area contributed by atoms with Crippen molar-refractivity contribution in [2.24, 2.45) is 11.7 Å². The molecule has 1 saturated carbocycles. The summed E-state index contributed by atoms with van der Waals surface area (Å²) in [5.74, 6) is 0.816. The van der Waals surface area contributed by atoms with Gasteiger partial charge < -0.3 is 5.73 Å². The van der Waals surface area contributed by atoms with Gasteiger partial charge in [0.1, 0.15) is 0 Å². The molecule has 0 radical (unpaired) electrons. The lowest BCUT2D eigenvalue weighted by Gasteiger charge is -2.36. The van der Waals surface area contributed by atoms with Gasteiger partial charge in [-0.25, -0.2) is 4.37 Å². The SMILES string of the molecule is CCC1CCCC(N)(c2ccns2)C1. The Morgan fingerprint density at radius 2 is 2.57 bits per heavy atom. The molecule has 2 N–H and O–H groups in total. The fourth-order valence-electron chi connectivity index (χ4n) is 2.47. The Bertz CT molecular complexity index is 283. The Kier molecular flexibility index (Phi) is 2.88. The molecule has 1 aromatic heterocycles. The van der Waals surface area contributed by atoms with Gasteiger partial charge >= 0.3 is 0 Å². The van der Waals surface area contributed by atoms with Crippen molar-refractivity contribution < 1.29 is 0 Å². The molecule has 3 heteroatoms. The Labute approximate surface area is 89.7 Å². The number of hydrogen-bond acceptors (Lipinski definition) is 3. The summed E-state index contributed by atoms with van der Waals surface area (Å²) in [6.45, 7) is 2.27. The van der Waals surface area contributed by atoms with E-state index in [1.807, 2.05) is 6.20 Å². The fourth-order valence-corrected chi connectivity index (χ4v) is 3.19. The summed E-state index contributed by atoms with van der Waals surface area (Å²) in [5, 5.41) is 0. The molecule has 0 aliphatic heterocycles. The molecule has 2 unspecified atom stereocenters. The van der Waals surface area contributed by atoms with E-state index in [0.717, 1.165) is 18.8 Å². The maximum absolute atomic E-state index is 6.46. The van der Waals surface area contributed by atoms with E-state index >= 15 is 0 Å². The maximum atomic E-state index is 6.46. The second-order valence-corrected chi connectivity index (χ2v) is 5.24. The first-order chi connectivity index (χ1) is 6.74. The minimum absolute atomic E-state index is 0.0694. The van der Waals surface area contributed by atoms with Crippen molar-refractivity contribution in [1.29, 1.82) is 0 Å². The van der Waals surface area contributed by atoms with Gasteiger partial charge in [-0.15, -0.1) is 0 Å². The second kappa shape index (κ2) is 3.99. The van der Waals surface area contributed by atoms with Crippen LogP contribution in [0.5, 0.6) is 0 Å². The summed E-state index contributed by atoms with van der Waals surface area (Å²) in [6, 6.07) is 2.09. The molecule has 1 aliphatic carbocycles. The lowest BCUT2D eigenvalue weighted by molar-refractivity contribution is 0.225. The van der Waals surface area contributed by atoms with Crippen molar-refractivity contribution in [3.8, 4) is 0 Å². The third-order valence-electron chi connectivity index (χ3n) is 3.39. The molecule has 2 rings (SSSR count). The van der Waals surface area contributed by atoms with E-state index in [-0.39, 0.29) is 5.54 Å². The van der Waals surface area contributed by atoms with Crippen LogP contribution >= 0.6 is 11.5 Å². The zero-order chi connectivity index (χ0) is 10.0. The normalized spacial score (nSPS) is 33.1. The number of aromatic nitrogens is 1. The molecule has 0 spiro atoms. The van der Waals surface area contributed by atoms with E-state index in [9.17, 15) is 0 Å². The number of hydrogen-bond donors (Lipinski definition) is 1. The van der Waals surface area contributed by atoms with Gasteiger partial charge in [0.05, 0.1) is 5.54 Å². The van der Waals surface area contributed by atoms with Crippen molar-refractivity contribution in [3.05, 3.63) is 17.1 Å². The maximum Gasteiger partial charge on any atom is 0.0522 e. The van der Waals surface area contributed by atoms with Crippen LogP contribution in [0.1, 0.15) is 43.9 Å². The lowest BCUT2D eigenvalue weighted by atomic mass is 9.74.